The lowest BCUT2D eigenvalue weighted by molar-refractivity contribution is 0.356. The van der Waals surface area contributed by atoms with E-state index in [2.05, 4.69) is 65.4 Å². The highest BCUT2D eigenvalue weighted by molar-refractivity contribution is 5.80. The van der Waals surface area contributed by atoms with E-state index in [1.54, 1.807) is 11.8 Å². The van der Waals surface area contributed by atoms with E-state index in [1.165, 1.54) is 22.3 Å². The Hall–Kier alpha value is -2.26. The van der Waals surface area contributed by atoms with E-state index in [0.717, 1.165) is 38.2 Å². The fourth-order valence-electron chi connectivity index (χ4n) is 4.10. The summed E-state index contributed by atoms with van der Waals surface area (Å²) in [4.78, 5) is 2.51. The fourth-order valence-corrected chi connectivity index (χ4v) is 4.10. The smallest absolute Gasteiger partial charge is 0.0703 e. The predicted molar refractivity (Wildman–Crippen MR) is 102 cm³/mol. The zero-order chi connectivity index (χ0) is 17.2. The lowest BCUT2D eigenvalue weighted by Gasteiger charge is -2.19. The summed E-state index contributed by atoms with van der Waals surface area (Å²) in [6.45, 7) is 7.76. The van der Waals surface area contributed by atoms with Gasteiger partial charge in [-0.2, -0.15) is 10.2 Å². The van der Waals surface area contributed by atoms with Gasteiger partial charge in [-0.05, 0) is 48.6 Å². The van der Waals surface area contributed by atoms with Crippen molar-refractivity contribution in [2.45, 2.75) is 32.6 Å². The van der Waals surface area contributed by atoms with Gasteiger partial charge in [-0.25, -0.2) is 0 Å². The summed E-state index contributed by atoms with van der Waals surface area (Å²) in [5, 5.41) is 8.47. The molecule has 1 aliphatic carbocycles. The number of fused-ring (bicyclic) bond motifs is 1. The van der Waals surface area contributed by atoms with E-state index < -0.39 is 0 Å². The van der Waals surface area contributed by atoms with Crippen LogP contribution in [0.25, 0.3) is 5.57 Å². The first-order chi connectivity index (χ1) is 12.2. The molecule has 2 heterocycles. The third-order valence-electron chi connectivity index (χ3n) is 5.43. The van der Waals surface area contributed by atoms with Crippen molar-refractivity contribution in [3.63, 3.8) is 0 Å². The quantitative estimate of drug-likeness (QED) is 0.770. The van der Waals surface area contributed by atoms with Crippen molar-refractivity contribution in [2.24, 2.45) is 0 Å². The Morgan fingerprint density at radius 1 is 1.16 bits per heavy atom. The number of hydrogen-bond donors (Lipinski definition) is 0. The lowest BCUT2D eigenvalue weighted by Crippen LogP contribution is -2.21. The third kappa shape index (κ3) is 3.29. The van der Waals surface area contributed by atoms with Gasteiger partial charge in [0.2, 0.25) is 0 Å². The number of nitrogens with zero attached hydrogens (tertiary/aromatic N) is 3. The Balaban J connectivity index is 1.66. The van der Waals surface area contributed by atoms with Gasteiger partial charge in [0, 0.05) is 31.7 Å². The molecule has 1 unspecified atom stereocenters. The molecule has 3 heteroatoms. The van der Waals surface area contributed by atoms with Crippen LogP contribution in [0.4, 0.5) is 0 Å². The monoisotopic (exact) mass is 331 g/mol. The Morgan fingerprint density at radius 2 is 2.00 bits per heavy atom. The third-order valence-corrected chi connectivity index (χ3v) is 5.43. The molecule has 0 spiro atoms. The average Bonchev–Trinajstić information content (AvgIpc) is 3.27. The molecule has 25 heavy (non-hydrogen) atoms. The van der Waals surface area contributed by atoms with Gasteiger partial charge in [-0.1, -0.05) is 48.4 Å². The summed E-state index contributed by atoms with van der Waals surface area (Å²) in [5.74, 6) is 0.282. The van der Waals surface area contributed by atoms with Crippen LogP contribution in [0.15, 0.2) is 54.3 Å². The summed E-state index contributed by atoms with van der Waals surface area (Å²) in [7, 11) is 0. The van der Waals surface area contributed by atoms with Crippen LogP contribution < -0.4 is 0 Å². The SMILES string of the molecule is Cc1ccc2c(c1)CC(CCN1CC=CC1)=C2C(C)c1cccnn1. The minimum absolute atomic E-state index is 0.282. The van der Waals surface area contributed by atoms with Gasteiger partial charge in [0.05, 0.1) is 5.69 Å². The zero-order valence-corrected chi connectivity index (χ0v) is 15.1. The summed E-state index contributed by atoms with van der Waals surface area (Å²) in [6.07, 6.45) is 8.50. The standard InChI is InChI=1S/C22H25N3/c1-16-7-8-20-19(14-16)15-18(9-13-25-11-3-4-12-25)22(20)17(2)21-6-5-10-23-24-21/h3-8,10,14,17H,9,11-13,15H2,1-2H3. The van der Waals surface area contributed by atoms with Crippen LogP contribution in [0.2, 0.25) is 0 Å². The van der Waals surface area contributed by atoms with Crippen molar-refractivity contribution in [3.8, 4) is 0 Å². The van der Waals surface area contributed by atoms with Gasteiger partial charge in [-0.15, -0.1) is 0 Å². The molecule has 0 bridgehead atoms. The zero-order valence-electron chi connectivity index (χ0n) is 15.1. The van der Waals surface area contributed by atoms with Gasteiger partial charge in [0.1, 0.15) is 0 Å². The maximum absolute atomic E-state index is 4.38. The molecule has 1 aliphatic heterocycles. The molecule has 0 radical (unpaired) electrons. The van der Waals surface area contributed by atoms with Gasteiger partial charge < -0.3 is 0 Å². The van der Waals surface area contributed by atoms with Crippen LogP contribution in [-0.4, -0.2) is 34.7 Å². The topological polar surface area (TPSA) is 29.0 Å². The Bertz CT molecular complexity index is 812. The number of benzene rings is 1. The highest BCUT2D eigenvalue weighted by Gasteiger charge is 2.27. The molecule has 3 nitrogen and oxygen atoms in total. The van der Waals surface area contributed by atoms with E-state index in [9.17, 15) is 0 Å². The van der Waals surface area contributed by atoms with Crippen LogP contribution in [0.1, 0.15) is 41.6 Å². The molecule has 2 aliphatic rings. The van der Waals surface area contributed by atoms with Crippen LogP contribution in [0.5, 0.6) is 0 Å². The van der Waals surface area contributed by atoms with Crippen molar-refractivity contribution >= 4 is 5.57 Å². The van der Waals surface area contributed by atoms with Crippen molar-refractivity contribution in [1.82, 2.24) is 15.1 Å². The molecule has 0 fully saturated rings. The molecular formula is C22H25N3. The minimum Gasteiger partial charge on any atom is -0.296 e. The van der Waals surface area contributed by atoms with Crippen molar-refractivity contribution in [3.05, 3.63) is 76.6 Å². The lowest BCUT2D eigenvalue weighted by atomic mass is 9.89. The van der Waals surface area contributed by atoms with E-state index in [-0.39, 0.29) is 5.92 Å². The summed E-state index contributed by atoms with van der Waals surface area (Å²) in [6, 6.07) is 11.0. The molecule has 1 aromatic heterocycles. The van der Waals surface area contributed by atoms with Gasteiger partial charge >= 0.3 is 0 Å². The van der Waals surface area contributed by atoms with Crippen molar-refractivity contribution < 1.29 is 0 Å². The molecule has 1 atom stereocenters. The predicted octanol–water partition coefficient (Wildman–Crippen LogP) is 4.16. The number of rotatable bonds is 5. The van der Waals surface area contributed by atoms with Crippen molar-refractivity contribution in [2.75, 3.05) is 19.6 Å². The maximum Gasteiger partial charge on any atom is 0.0703 e. The number of aryl methyl sites for hydroxylation is 1. The molecular weight excluding hydrogens is 306 g/mol. The first-order valence-corrected chi connectivity index (χ1v) is 9.19. The van der Waals surface area contributed by atoms with Gasteiger partial charge in [-0.3, -0.25) is 4.90 Å². The van der Waals surface area contributed by atoms with Gasteiger partial charge in [0.15, 0.2) is 0 Å². The second kappa shape index (κ2) is 6.93. The van der Waals surface area contributed by atoms with Crippen LogP contribution in [0.3, 0.4) is 0 Å². The van der Waals surface area contributed by atoms with Crippen LogP contribution in [-0.2, 0) is 6.42 Å². The number of allylic oxidation sites excluding steroid dienone is 1. The first kappa shape index (κ1) is 16.2. The second-order valence-electron chi connectivity index (χ2n) is 7.21. The van der Waals surface area contributed by atoms with Gasteiger partial charge in [0.25, 0.3) is 0 Å². The molecule has 4 rings (SSSR count). The van der Waals surface area contributed by atoms with E-state index >= 15 is 0 Å². The summed E-state index contributed by atoms with van der Waals surface area (Å²) < 4.78 is 0. The summed E-state index contributed by atoms with van der Waals surface area (Å²) >= 11 is 0. The number of hydrogen-bond acceptors (Lipinski definition) is 3. The molecule has 128 valence electrons. The Labute approximate surface area is 150 Å². The fraction of sp³-hybridized carbons (Fsp3) is 0.364. The highest BCUT2D eigenvalue weighted by Crippen LogP contribution is 2.42. The molecule has 2 aromatic rings. The van der Waals surface area contributed by atoms with E-state index in [1.807, 2.05) is 6.07 Å². The highest BCUT2D eigenvalue weighted by atomic mass is 15.1. The van der Waals surface area contributed by atoms with Crippen LogP contribution >= 0.6 is 0 Å². The first-order valence-electron chi connectivity index (χ1n) is 9.19. The van der Waals surface area contributed by atoms with Crippen molar-refractivity contribution in [1.29, 1.82) is 0 Å². The minimum atomic E-state index is 0.282. The molecule has 0 saturated carbocycles. The molecule has 1 aromatic carbocycles. The van der Waals surface area contributed by atoms with E-state index in [4.69, 9.17) is 0 Å². The maximum atomic E-state index is 4.38. The van der Waals surface area contributed by atoms with E-state index in [0.29, 0.717) is 0 Å². The number of aromatic nitrogens is 2. The normalized spacial score (nSPS) is 18.0. The Morgan fingerprint density at radius 3 is 2.76 bits per heavy atom. The second-order valence-corrected chi connectivity index (χ2v) is 7.21. The Kier molecular flexibility index (Phi) is 4.50. The molecule has 0 N–H and O–H groups in total. The largest absolute Gasteiger partial charge is 0.296 e. The van der Waals surface area contributed by atoms with Crippen LogP contribution in [0, 0.1) is 6.92 Å². The average molecular weight is 331 g/mol. The molecule has 0 saturated heterocycles. The molecule has 0 amide bonds. The summed E-state index contributed by atoms with van der Waals surface area (Å²) in [5.41, 5.74) is 8.34.